The van der Waals surface area contributed by atoms with Gasteiger partial charge in [0.05, 0.1) is 7.11 Å². The quantitative estimate of drug-likeness (QED) is 0.438. The Kier molecular flexibility index (Phi) is 7.14. The predicted octanol–water partition coefficient (Wildman–Crippen LogP) is 0.546. The SMILES string of the molecule is COC(=O)C(C)[P+](c1ccccc1)(c1ccccc1)c1ccccc1.[Br-]. The van der Waals surface area contributed by atoms with Gasteiger partial charge in [-0.15, -0.1) is 0 Å². The van der Waals surface area contributed by atoms with Crippen LogP contribution in [0.5, 0.6) is 0 Å². The van der Waals surface area contributed by atoms with Crippen LogP contribution in [0.3, 0.4) is 0 Å². The zero-order chi connectivity index (χ0) is 17.7. The van der Waals surface area contributed by atoms with Crippen molar-refractivity contribution in [3.8, 4) is 0 Å². The minimum atomic E-state index is -2.19. The Hall–Kier alpha value is -1.96. The molecule has 3 aromatic carbocycles. The van der Waals surface area contributed by atoms with E-state index >= 15 is 0 Å². The van der Waals surface area contributed by atoms with E-state index in [-0.39, 0.29) is 28.6 Å². The maximum absolute atomic E-state index is 12.7. The van der Waals surface area contributed by atoms with Gasteiger partial charge in [-0.05, 0) is 43.3 Å². The predicted molar refractivity (Wildman–Crippen MR) is 107 cm³/mol. The monoisotopic (exact) mass is 428 g/mol. The molecule has 0 aliphatic carbocycles. The van der Waals surface area contributed by atoms with E-state index in [4.69, 9.17) is 4.74 Å². The molecule has 0 radical (unpaired) electrons. The van der Waals surface area contributed by atoms with E-state index < -0.39 is 7.26 Å². The molecule has 0 spiro atoms. The normalized spacial score (nSPS) is 11.9. The summed E-state index contributed by atoms with van der Waals surface area (Å²) in [4.78, 5) is 12.7. The molecule has 1 atom stereocenters. The third-order valence-corrected chi connectivity index (χ3v) is 9.32. The fraction of sp³-hybridized carbons (Fsp3) is 0.136. The number of rotatable bonds is 5. The lowest BCUT2D eigenvalue weighted by molar-refractivity contribution is -0.139. The molecule has 4 heteroatoms. The summed E-state index contributed by atoms with van der Waals surface area (Å²) >= 11 is 0. The van der Waals surface area contributed by atoms with Crippen LogP contribution in [0.1, 0.15) is 6.92 Å². The van der Waals surface area contributed by atoms with Gasteiger partial charge < -0.3 is 21.7 Å². The molecule has 0 N–H and O–H groups in total. The van der Waals surface area contributed by atoms with Crippen molar-refractivity contribution in [3.05, 3.63) is 91.0 Å². The van der Waals surface area contributed by atoms with Crippen LogP contribution in [0.4, 0.5) is 0 Å². The van der Waals surface area contributed by atoms with Gasteiger partial charge in [0, 0.05) is 0 Å². The summed E-state index contributed by atoms with van der Waals surface area (Å²) in [6.07, 6.45) is 0. The number of hydrogen-bond acceptors (Lipinski definition) is 2. The van der Waals surface area contributed by atoms with Crippen molar-refractivity contribution in [1.29, 1.82) is 0 Å². The highest BCUT2D eigenvalue weighted by Gasteiger charge is 2.53. The average Bonchev–Trinajstić information content (AvgIpc) is 2.70. The molecule has 0 saturated heterocycles. The summed E-state index contributed by atoms with van der Waals surface area (Å²) in [6.45, 7) is 1.99. The van der Waals surface area contributed by atoms with Gasteiger partial charge in [-0.25, -0.2) is 4.79 Å². The van der Waals surface area contributed by atoms with Gasteiger partial charge in [-0.1, -0.05) is 54.6 Å². The molecule has 3 aromatic rings. The van der Waals surface area contributed by atoms with Crippen LogP contribution < -0.4 is 32.9 Å². The molecule has 0 saturated carbocycles. The van der Waals surface area contributed by atoms with E-state index in [9.17, 15) is 4.79 Å². The molecule has 0 aromatic heterocycles. The van der Waals surface area contributed by atoms with Crippen molar-refractivity contribution in [1.82, 2.24) is 0 Å². The average molecular weight is 429 g/mol. The summed E-state index contributed by atoms with van der Waals surface area (Å²) in [6, 6.07) is 31.1. The third-order valence-electron chi connectivity index (χ3n) is 4.61. The van der Waals surface area contributed by atoms with E-state index in [2.05, 4.69) is 36.4 Å². The number of ether oxygens (including phenoxy) is 1. The number of benzene rings is 3. The number of esters is 1. The first-order chi connectivity index (χ1) is 12.2. The summed E-state index contributed by atoms with van der Waals surface area (Å²) < 4.78 is 5.17. The van der Waals surface area contributed by atoms with Gasteiger partial charge in [-0.2, -0.15) is 0 Å². The fourth-order valence-corrected chi connectivity index (χ4v) is 8.02. The molecule has 0 aliphatic rings. The van der Waals surface area contributed by atoms with Crippen LogP contribution in [0, 0.1) is 0 Å². The van der Waals surface area contributed by atoms with Crippen LogP contribution >= 0.6 is 7.26 Å². The molecule has 0 amide bonds. The molecule has 1 unspecified atom stereocenters. The van der Waals surface area contributed by atoms with Gasteiger partial charge in [0.15, 0.2) is 5.66 Å². The van der Waals surface area contributed by atoms with Crippen molar-refractivity contribution in [2.75, 3.05) is 7.11 Å². The Labute approximate surface area is 166 Å². The first-order valence-electron chi connectivity index (χ1n) is 8.34. The summed E-state index contributed by atoms with van der Waals surface area (Å²) in [7, 11) is -0.725. The second-order valence-electron chi connectivity index (χ2n) is 5.93. The molecule has 2 nitrogen and oxygen atoms in total. The summed E-state index contributed by atoms with van der Waals surface area (Å²) in [5.74, 6) is -0.176. The number of halogens is 1. The largest absolute Gasteiger partial charge is 1.00 e. The van der Waals surface area contributed by atoms with E-state index in [1.165, 1.54) is 23.0 Å². The van der Waals surface area contributed by atoms with Crippen LogP contribution in [-0.4, -0.2) is 18.7 Å². The van der Waals surface area contributed by atoms with E-state index in [0.29, 0.717) is 0 Å². The molecule has 0 fully saturated rings. The topological polar surface area (TPSA) is 26.3 Å². The Morgan fingerprint density at radius 3 is 1.31 bits per heavy atom. The van der Waals surface area contributed by atoms with E-state index in [0.717, 1.165) is 0 Å². The standard InChI is InChI=1S/C22H22O2P.BrH/c1-18(22(23)24-2)25(19-12-6-3-7-13-19,20-14-8-4-9-15-20)21-16-10-5-11-17-21;/h3-18H,1-2H3;1H/q+1;/p-1. The van der Waals surface area contributed by atoms with Crippen molar-refractivity contribution >= 4 is 29.1 Å². The van der Waals surface area contributed by atoms with Crippen LogP contribution in [0.15, 0.2) is 91.0 Å². The highest BCUT2D eigenvalue weighted by Crippen LogP contribution is 2.59. The summed E-state index contributed by atoms with van der Waals surface area (Å²) in [5, 5.41) is 3.56. The van der Waals surface area contributed by atoms with Crippen molar-refractivity contribution < 1.29 is 26.5 Å². The molecule has 134 valence electrons. The van der Waals surface area contributed by atoms with Crippen molar-refractivity contribution in [3.63, 3.8) is 0 Å². The number of carbonyl (C=O) groups is 1. The number of carbonyl (C=O) groups excluding carboxylic acids is 1. The Morgan fingerprint density at radius 2 is 1.04 bits per heavy atom. The first-order valence-corrected chi connectivity index (χ1v) is 10.2. The van der Waals surface area contributed by atoms with Gasteiger partial charge in [-0.3, -0.25) is 0 Å². The molecular weight excluding hydrogens is 407 g/mol. The van der Waals surface area contributed by atoms with Gasteiger partial charge in [0.25, 0.3) is 0 Å². The molecule has 26 heavy (non-hydrogen) atoms. The molecule has 3 rings (SSSR count). The molecule has 0 heterocycles. The lowest BCUT2D eigenvalue weighted by Gasteiger charge is -2.31. The van der Waals surface area contributed by atoms with E-state index in [1.807, 2.05) is 61.5 Å². The van der Waals surface area contributed by atoms with Crippen LogP contribution in [0.2, 0.25) is 0 Å². The fourth-order valence-electron chi connectivity index (χ4n) is 3.44. The maximum atomic E-state index is 12.7. The highest BCUT2D eigenvalue weighted by molar-refractivity contribution is 7.96. The zero-order valence-corrected chi connectivity index (χ0v) is 17.4. The molecular formula is C22H22BrO2P. The lowest BCUT2D eigenvalue weighted by atomic mass is 10.3. The van der Waals surface area contributed by atoms with Gasteiger partial charge in [0.2, 0.25) is 0 Å². The zero-order valence-electron chi connectivity index (χ0n) is 14.9. The first kappa shape index (κ1) is 20.4. The van der Waals surface area contributed by atoms with Crippen LogP contribution in [0.25, 0.3) is 0 Å². The highest BCUT2D eigenvalue weighted by atomic mass is 79.9. The Balaban J connectivity index is 0.00000243. The second kappa shape index (κ2) is 9.12. The van der Waals surface area contributed by atoms with Crippen LogP contribution in [-0.2, 0) is 9.53 Å². The minimum absolute atomic E-state index is 0. The maximum Gasteiger partial charge on any atom is 0.347 e. The van der Waals surface area contributed by atoms with Crippen molar-refractivity contribution in [2.24, 2.45) is 0 Å². The smallest absolute Gasteiger partial charge is 0.347 e. The van der Waals surface area contributed by atoms with Crippen molar-refractivity contribution in [2.45, 2.75) is 12.6 Å². The minimum Gasteiger partial charge on any atom is -1.00 e. The third kappa shape index (κ3) is 3.60. The Bertz CT molecular complexity index is 726. The Morgan fingerprint density at radius 1 is 0.731 bits per heavy atom. The molecule has 0 aliphatic heterocycles. The second-order valence-corrected chi connectivity index (χ2v) is 9.70. The number of hydrogen-bond donors (Lipinski definition) is 0. The van der Waals surface area contributed by atoms with Gasteiger partial charge >= 0.3 is 5.97 Å². The van der Waals surface area contributed by atoms with Gasteiger partial charge in [0.1, 0.15) is 23.2 Å². The lowest BCUT2D eigenvalue weighted by Crippen LogP contribution is -3.00. The number of methoxy groups -OCH3 is 1. The molecule has 0 bridgehead atoms. The van der Waals surface area contributed by atoms with E-state index in [1.54, 1.807) is 0 Å². The summed E-state index contributed by atoms with van der Waals surface area (Å²) in [5.41, 5.74) is -0.273.